The van der Waals surface area contributed by atoms with Crippen molar-refractivity contribution in [2.75, 3.05) is 32.5 Å². The quantitative estimate of drug-likeness (QED) is 0.746. The maximum atomic E-state index is 12.9. The van der Waals surface area contributed by atoms with Crippen LogP contribution in [0, 0.1) is 5.82 Å². The van der Waals surface area contributed by atoms with Crippen molar-refractivity contribution >= 4 is 18.3 Å². The smallest absolute Gasteiger partial charge is 0.126 e. The molecule has 0 heterocycles. The highest BCUT2D eigenvalue weighted by atomic mass is 32.1. The fraction of sp³-hybridized carbons (Fsp3) is 0.400. The Morgan fingerprint density at radius 2 is 2.07 bits per heavy atom. The van der Waals surface area contributed by atoms with Gasteiger partial charge in [-0.15, -0.1) is 12.6 Å². The fourth-order valence-corrected chi connectivity index (χ4v) is 1.36. The van der Waals surface area contributed by atoms with E-state index in [1.54, 1.807) is 0 Å². The largest absolute Gasteiger partial charge is 0.384 e. The zero-order valence-corrected chi connectivity index (χ0v) is 9.31. The van der Waals surface area contributed by atoms with Crippen LogP contribution >= 0.6 is 12.6 Å². The van der Waals surface area contributed by atoms with E-state index in [9.17, 15) is 4.39 Å². The van der Waals surface area contributed by atoms with Crippen molar-refractivity contribution in [3.63, 3.8) is 0 Å². The number of rotatable bonds is 4. The van der Waals surface area contributed by atoms with Crippen molar-refractivity contribution in [3.05, 3.63) is 24.0 Å². The first-order valence-electron chi connectivity index (χ1n) is 4.46. The molecular formula is C10H15FN2S. The Morgan fingerprint density at radius 3 is 2.64 bits per heavy atom. The topological polar surface area (TPSA) is 15.3 Å². The Morgan fingerprint density at radius 1 is 1.36 bits per heavy atom. The summed E-state index contributed by atoms with van der Waals surface area (Å²) >= 11 is 4.10. The van der Waals surface area contributed by atoms with Crippen molar-refractivity contribution < 1.29 is 4.39 Å². The van der Waals surface area contributed by atoms with Crippen molar-refractivity contribution in [2.45, 2.75) is 4.90 Å². The van der Waals surface area contributed by atoms with Crippen LogP contribution in [0.4, 0.5) is 10.1 Å². The van der Waals surface area contributed by atoms with Gasteiger partial charge in [0, 0.05) is 23.7 Å². The number of likely N-dealkylation sites (N-methyl/N-ethyl adjacent to an activating group) is 1. The molecule has 0 aliphatic heterocycles. The van der Waals surface area contributed by atoms with Crippen molar-refractivity contribution in [3.8, 4) is 0 Å². The van der Waals surface area contributed by atoms with E-state index in [1.165, 1.54) is 12.1 Å². The highest BCUT2D eigenvalue weighted by Gasteiger charge is 1.97. The molecule has 78 valence electrons. The maximum Gasteiger partial charge on any atom is 0.126 e. The molecule has 0 radical (unpaired) electrons. The lowest BCUT2D eigenvalue weighted by Crippen LogP contribution is -2.20. The molecule has 0 fully saturated rings. The summed E-state index contributed by atoms with van der Waals surface area (Å²) < 4.78 is 12.9. The van der Waals surface area contributed by atoms with Gasteiger partial charge in [0.1, 0.15) is 5.82 Å². The van der Waals surface area contributed by atoms with Crippen LogP contribution in [0.2, 0.25) is 0 Å². The maximum absolute atomic E-state index is 12.9. The van der Waals surface area contributed by atoms with Crippen LogP contribution in [0.1, 0.15) is 0 Å². The highest BCUT2D eigenvalue weighted by molar-refractivity contribution is 7.80. The third-order valence-corrected chi connectivity index (χ3v) is 2.03. The summed E-state index contributed by atoms with van der Waals surface area (Å²) in [5, 5.41) is 3.13. The number of nitrogens with one attached hydrogen (secondary N) is 1. The van der Waals surface area contributed by atoms with Crippen LogP contribution in [0.3, 0.4) is 0 Å². The molecule has 2 nitrogen and oxygen atoms in total. The van der Waals surface area contributed by atoms with E-state index in [0.717, 1.165) is 18.8 Å². The SMILES string of the molecule is CN(C)CCNc1cc(F)cc(S)c1. The van der Waals surface area contributed by atoms with Crippen LogP contribution in [-0.2, 0) is 0 Å². The summed E-state index contributed by atoms with van der Waals surface area (Å²) in [6.07, 6.45) is 0. The molecule has 1 aromatic rings. The molecule has 0 saturated carbocycles. The van der Waals surface area contributed by atoms with Crippen LogP contribution in [0.5, 0.6) is 0 Å². The zero-order valence-electron chi connectivity index (χ0n) is 8.42. The average molecular weight is 214 g/mol. The van der Waals surface area contributed by atoms with Gasteiger partial charge in [-0.1, -0.05) is 0 Å². The molecule has 1 N–H and O–H groups in total. The fourth-order valence-electron chi connectivity index (χ4n) is 1.10. The number of thiol groups is 1. The first-order chi connectivity index (χ1) is 6.58. The standard InChI is InChI=1S/C10H15FN2S/c1-13(2)4-3-12-9-5-8(11)6-10(14)7-9/h5-7,12,14H,3-4H2,1-2H3. The first kappa shape index (κ1) is 11.3. The molecule has 0 saturated heterocycles. The van der Waals surface area contributed by atoms with Crippen LogP contribution in [-0.4, -0.2) is 32.1 Å². The minimum absolute atomic E-state index is 0.259. The minimum atomic E-state index is -0.259. The Kier molecular flexibility index (Phi) is 4.22. The lowest BCUT2D eigenvalue weighted by Gasteiger charge is -2.11. The summed E-state index contributed by atoms with van der Waals surface area (Å²) in [4.78, 5) is 2.70. The van der Waals surface area contributed by atoms with Crippen molar-refractivity contribution in [1.82, 2.24) is 4.90 Å². The average Bonchev–Trinajstić information content (AvgIpc) is 2.01. The van der Waals surface area contributed by atoms with Gasteiger partial charge < -0.3 is 10.2 Å². The summed E-state index contributed by atoms with van der Waals surface area (Å²) in [6.45, 7) is 1.71. The molecule has 4 heteroatoms. The van der Waals surface area contributed by atoms with Crippen LogP contribution < -0.4 is 5.32 Å². The van der Waals surface area contributed by atoms with E-state index in [-0.39, 0.29) is 5.82 Å². The van der Waals surface area contributed by atoms with E-state index in [2.05, 4.69) is 22.8 Å². The molecule has 0 aliphatic rings. The summed E-state index contributed by atoms with van der Waals surface area (Å²) in [6, 6.07) is 4.66. The van der Waals surface area contributed by atoms with Crippen LogP contribution in [0.15, 0.2) is 23.1 Å². The van der Waals surface area contributed by atoms with Gasteiger partial charge in [-0.3, -0.25) is 0 Å². The van der Waals surface area contributed by atoms with Crippen LogP contribution in [0.25, 0.3) is 0 Å². The number of hydrogen-bond acceptors (Lipinski definition) is 3. The van der Waals surface area contributed by atoms with E-state index >= 15 is 0 Å². The minimum Gasteiger partial charge on any atom is -0.384 e. The van der Waals surface area contributed by atoms with E-state index in [1.807, 2.05) is 20.2 Å². The molecule has 0 unspecified atom stereocenters. The van der Waals surface area contributed by atoms with Gasteiger partial charge in [0.2, 0.25) is 0 Å². The molecule has 0 aliphatic carbocycles. The van der Waals surface area contributed by atoms with Gasteiger partial charge in [-0.2, -0.15) is 0 Å². The van der Waals surface area contributed by atoms with Gasteiger partial charge in [-0.25, -0.2) is 4.39 Å². The molecule has 1 aromatic carbocycles. The third kappa shape index (κ3) is 3.98. The predicted molar refractivity (Wildman–Crippen MR) is 60.7 cm³/mol. The molecule has 0 spiro atoms. The summed E-state index contributed by atoms with van der Waals surface area (Å²) in [7, 11) is 3.99. The second-order valence-electron chi connectivity index (χ2n) is 3.43. The normalized spacial score (nSPS) is 10.6. The second kappa shape index (κ2) is 5.22. The van der Waals surface area contributed by atoms with Crippen molar-refractivity contribution in [1.29, 1.82) is 0 Å². The molecule has 14 heavy (non-hydrogen) atoms. The lowest BCUT2D eigenvalue weighted by atomic mass is 10.3. The number of benzene rings is 1. The zero-order chi connectivity index (χ0) is 10.6. The summed E-state index contributed by atoms with van der Waals surface area (Å²) in [5.41, 5.74) is 0.775. The van der Waals surface area contributed by atoms with E-state index in [4.69, 9.17) is 0 Å². The molecule has 0 atom stereocenters. The van der Waals surface area contributed by atoms with Gasteiger partial charge >= 0.3 is 0 Å². The first-order valence-corrected chi connectivity index (χ1v) is 4.91. The predicted octanol–water partition coefficient (Wildman–Crippen LogP) is 2.09. The molecule has 0 aromatic heterocycles. The van der Waals surface area contributed by atoms with E-state index < -0.39 is 0 Å². The lowest BCUT2D eigenvalue weighted by molar-refractivity contribution is 0.425. The Bertz CT molecular complexity index is 282. The molecule has 0 bridgehead atoms. The molecular weight excluding hydrogens is 199 g/mol. The third-order valence-electron chi connectivity index (χ3n) is 1.77. The Balaban J connectivity index is 2.50. The molecule has 1 rings (SSSR count). The molecule has 0 amide bonds. The number of halogens is 1. The number of anilines is 1. The van der Waals surface area contributed by atoms with E-state index in [0.29, 0.717) is 4.90 Å². The van der Waals surface area contributed by atoms with Crippen molar-refractivity contribution in [2.24, 2.45) is 0 Å². The van der Waals surface area contributed by atoms with Gasteiger partial charge in [0.15, 0.2) is 0 Å². The second-order valence-corrected chi connectivity index (χ2v) is 3.94. The Labute approximate surface area is 89.5 Å². The summed E-state index contributed by atoms with van der Waals surface area (Å²) in [5.74, 6) is -0.259. The number of nitrogens with zero attached hydrogens (tertiary/aromatic N) is 1. The highest BCUT2D eigenvalue weighted by Crippen LogP contribution is 2.16. The number of hydrogen-bond donors (Lipinski definition) is 2. The van der Waals surface area contributed by atoms with Gasteiger partial charge in [0.25, 0.3) is 0 Å². The monoisotopic (exact) mass is 214 g/mol. The van der Waals surface area contributed by atoms with Gasteiger partial charge in [0.05, 0.1) is 0 Å². The Hall–Kier alpha value is -0.740. The van der Waals surface area contributed by atoms with Gasteiger partial charge in [-0.05, 0) is 32.3 Å².